The molecule has 2 aliphatic rings. The summed E-state index contributed by atoms with van der Waals surface area (Å²) in [7, 11) is 1.59. The number of cyclic esters (lactones) is 1. The van der Waals surface area contributed by atoms with Crippen LogP contribution in [-0.2, 0) is 20.7 Å². The molecule has 3 unspecified atom stereocenters. The zero-order valence-electron chi connectivity index (χ0n) is 15.5. The SMILES string of the molecule is COC1CCC2CC2C[C@@H](C)OC(=O)c2c(O)cc(O)c(Cl)c2CC(=O)C1. The normalized spacial score (nSPS) is 29.3. The van der Waals surface area contributed by atoms with E-state index in [0.29, 0.717) is 11.8 Å². The van der Waals surface area contributed by atoms with Gasteiger partial charge in [0.2, 0.25) is 0 Å². The molecule has 7 heteroatoms. The Morgan fingerprint density at radius 2 is 1.89 bits per heavy atom. The number of carbonyl (C=O) groups excluding carboxylic acids is 2. The molecule has 1 saturated carbocycles. The fourth-order valence-electron chi connectivity index (χ4n) is 3.97. The van der Waals surface area contributed by atoms with Crippen molar-refractivity contribution in [3.63, 3.8) is 0 Å². The van der Waals surface area contributed by atoms with Gasteiger partial charge < -0.3 is 19.7 Å². The molecule has 0 saturated heterocycles. The van der Waals surface area contributed by atoms with E-state index in [9.17, 15) is 19.8 Å². The number of ketones is 1. The summed E-state index contributed by atoms with van der Waals surface area (Å²) in [4.78, 5) is 25.2. The van der Waals surface area contributed by atoms with Crippen LogP contribution in [0.1, 0.15) is 54.9 Å². The van der Waals surface area contributed by atoms with Gasteiger partial charge in [-0.1, -0.05) is 11.6 Å². The second-order valence-corrected chi connectivity index (χ2v) is 8.02. The first kappa shape index (κ1) is 20.0. The Morgan fingerprint density at radius 1 is 1.15 bits per heavy atom. The lowest BCUT2D eigenvalue weighted by molar-refractivity contribution is -0.120. The van der Waals surface area contributed by atoms with Gasteiger partial charge in [-0.2, -0.15) is 0 Å². The number of fused-ring (bicyclic) bond motifs is 2. The predicted molar refractivity (Wildman–Crippen MR) is 99.2 cm³/mol. The summed E-state index contributed by atoms with van der Waals surface area (Å²) in [6.45, 7) is 1.82. The Bertz CT molecular complexity index is 746. The summed E-state index contributed by atoms with van der Waals surface area (Å²) in [5, 5.41) is 20.0. The zero-order chi connectivity index (χ0) is 19.7. The fraction of sp³-hybridized carbons (Fsp3) is 0.600. The molecule has 0 amide bonds. The van der Waals surface area contributed by atoms with Gasteiger partial charge in [0.1, 0.15) is 22.8 Å². The summed E-state index contributed by atoms with van der Waals surface area (Å²) >= 11 is 6.15. The fourth-order valence-corrected chi connectivity index (χ4v) is 4.19. The van der Waals surface area contributed by atoms with E-state index in [1.54, 1.807) is 7.11 Å². The van der Waals surface area contributed by atoms with Gasteiger partial charge >= 0.3 is 5.97 Å². The van der Waals surface area contributed by atoms with Crippen molar-refractivity contribution in [1.82, 2.24) is 0 Å². The summed E-state index contributed by atoms with van der Waals surface area (Å²) in [6, 6.07) is 0.996. The van der Waals surface area contributed by atoms with Gasteiger partial charge in [-0.15, -0.1) is 0 Å². The van der Waals surface area contributed by atoms with Crippen LogP contribution in [0.4, 0.5) is 0 Å². The van der Waals surface area contributed by atoms with Crippen molar-refractivity contribution in [3.8, 4) is 11.5 Å². The molecule has 0 bridgehead atoms. The molecular weight excluding hydrogens is 372 g/mol. The molecule has 2 N–H and O–H groups in total. The summed E-state index contributed by atoms with van der Waals surface area (Å²) in [5.74, 6) is -0.666. The summed E-state index contributed by atoms with van der Waals surface area (Å²) < 4.78 is 10.9. The third-order valence-corrected chi connectivity index (χ3v) is 5.98. The van der Waals surface area contributed by atoms with Crippen molar-refractivity contribution in [1.29, 1.82) is 0 Å². The number of ether oxygens (including phenoxy) is 2. The van der Waals surface area contributed by atoms with Gasteiger partial charge in [-0.05, 0) is 44.4 Å². The molecule has 0 radical (unpaired) electrons. The Hall–Kier alpha value is -1.79. The van der Waals surface area contributed by atoms with Crippen LogP contribution in [0, 0.1) is 11.8 Å². The second-order valence-electron chi connectivity index (χ2n) is 7.64. The Kier molecular flexibility index (Phi) is 5.96. The molecule has 27 heavy (non-hydrogen) atoms. The maximum atomic E-state index is 12.7. The summed E-state index contributed by atoms with van der Waals surface area (Å²) in [6.07, 6.45) is 3.11. The number of phenols is 2. The van der Waals surface area contributed by atoms with Gasteiger partial charge in [-0.3, -0.25) is 4.79 Å². The van der Waals surface area contributed by atoms with E-state index in [1.807, 2.05) is 6.92 Å². The number of hydrogen-bond donors (Lipinski definition) is 2. The van der Waals surface area contributed by atoms with Crippen molar-refractivity contribution in [2.45, 2.75) is 57.7 Å². The van der Waals surface area contributed by atoms with Gasteiger partial charge in [0, 0.05) is 31.6 Å². The van der Waals surface area contributed by atoms with E-state index >= 15 is 0 Å². The van der Waals surface area contributed by atoms with Gasteiger partial charge in [0.05, 0.1) is 17.2 Å². The lowest BCUT2D eigenvalue weighted by atomic mass is 9.96. The molecule has 1 heterocycles. The van der Waals surface area contributed by atoms with Crippen LogP contribution < -0.4 is 0 Å². The number of methoxy groups -OCH3 is 1. The third-order valence-electron chi connectivity index (χ3n) is 5.56. The van der Waals surface area contributed by atoms with Crippen LogP contribution in [0.5, 0.6) is 11.5 Å². The second kappa shape index (κ2) is 8.07. The molecule has 1 aliphatic carbocycles. The van der Waals surface area contributed by atoms with Crippen LogP contribution in [0.25, 0.3) is 0 Å². The van der Waals surface area contributed by atoms with Crippen molar-refractivity contribution >= 4 is 23.4 Å². The van der Waals surface area contributed by atoms with Gasteiger partial charge in [0.15, 0.2) is 0 Å². The molecule has 1 aromatic carbocycles. The Balaban J connectivity index is 1.95. The number of phenolic OH excluding ortho intramolecular Hbond substituents is 2. The number of aromatic hydroxyl groups is 2. The zero-order valence-corrected chi connectivity index (χ0v) is 16.3. The number of Topliss-reactive ketones (excluding diaryl/α,β-unsaturated/α-hetero) is 1. The molecule has 148 valence electrons. The highest BCUT2D eigenvalue weighted by molar-refractivity contribution is 6.33. The molecule has 1 aliphatic heterocycles. The minimum Gasteiger partial charge on any atom is -0.507 e. The maximum Gasteiger partial charge on any atom is 0.342 e. The van der Waals surface area contributed by atoms with Crippen molar-refractivity contribution < 1.29 is 29.3 Å². The lowest BCUT2D eigenvalue weighted by Gasteiger charge is -2.19. The van der Waals surface area contributed by atoms with Gasteiger partial charge in [-0.25, -0.2) is 4.79 Å². The highest BCUT2D eigenvalue weighted by Gasteiger charge is 2.39. The van der Waals surface area contributed by atoms with E-state index in [2.05, 4.69) is 0 Å². The summed E-state index contributed by atoms with van der Waals surface area (Å²) in [5.41, 5.74) is -0.0658. The Morgan fingerprint density at radius 3 is 2.59 bits per heavy atom. The van der Waals surface area contributed by atoms with Crippen LogP contribution in [0.3, 0.4) is 0 Å². The van der Waals surface area contributed by atoms with E-state index in [1.165, 1.54) is 0 Å². The number of halogens is 1. The van der Waals surface area contributed by atoms with Crippen molar-refractivity contribution in [2.24, 2.45) is 11.8 Å². The standard InChI is InChI=1S/C20H25ClO6/c1-10-5-12-6-11(12)3-4-14(26-2)7-13(22)8-15-18(20(25)27-10)16(23)9-17(24)19(15)21/h9-12,14,23-24H,3-8H2,1-2H3/t10-,11?,12?,14?/m1/s1. The highest BCUT2D eigenvalue weighted by Crippen LogP contribution is 2.46. The van der Waals surface area contributed by atoms with Crippen LogP contribution in [-0.4, -0.2) is 41.3 Å². The van der Waals surface area contributed by atoms with E-state index in [4.69, 9.17) is 21.1 Å². The van der Waals surface area contributed by atoms with E-state index in [-0.39, 0.29) is 52.7 Å². The first-order valence-corrected chi connectivity index (χ1v) is 9.66. The first-order chi connectivity index (χ1) is 12.8. The average molecular weight is 397 g/mol. The van der Waals surface area contributed by atoms with Crippen LogP contribution >= 0.6 is 11.6 Å². The highest BCUT2D eigenvalue weighted by atomic mass is 35.5. The molecule has 1 fully saturated rings. The lowest BCUT2D eigenvalue weighted by Crippen LogP contribution is -2.22. The quantitative estimate of drug-likeness (QED) is 0.704. The Labute approximate surface area is 163 Å². The average Bonchev–Trinajstić information content (AvgIpc) is 3.32. The number of rotatable bonds is 1. The van der Waals surface area contributed by atoms with Gasteiger partial charge in [0.25, 0.3) is 0 Å². The molecular formula is C20H25ClO6. The monoisotopic (exact) mass is 396 g/mol. The molecule has 1 aromatic rings. The number of esters is 1. The molecule has 6 nitrogen and oxygen atoms in total. The number of hydrogen-bond acceptors (Lipinski definition) is 6. The smallest absolute Gasteiger partial charge is 0.342 e. The topological polar surface area (TPSA) is 93.1 Å². The van der Waals surface area contributed by atoms with Crippen LogP contribution in [0.15, 0.2) is 6.07 Å². The minimum absolute atomic E-state index is 0.0903. The third kappa shape index (κ3) is 4.55. The molecule has 0 spiro atoms. The van der Waals surface area contributed by atoms with Crippen molar-refractivity contribution in [2.75, 3.05) is 7.11 Å². The molecule has 0 aromatic heterocycles. The maximum absolute atomic E-state index is 12.7. The van der Waals surface area contributed by atoms with Crippen molar-refractivity contribution in [3.05, 3.63) is 22.2 Å². The van der Waals surface area contributed by atoms with Crippen LogP contribution in [0.2, 0.25) is 5.02 Å². The van der Waals surface area contributed by atoms with E-state index in [0.717, 1.165) is 31.7 Å². The number of benzene rings is 1. The minimum atomic E-state index is -0.734. The predicted octanol–water partition coefficient (Wildman–Crippen LogP) is 3.63. The molecule has 3 rings (SSSR count). The largest absolute Gasteiger partial charge is 0.507 e. The first-order valence-electron chi connectivity index (χ1n) is 9.28. The van der Waals surface area contributed by atoms with E-state index < -0.39 is 11.7 Å². The molecule has 4 atom stereocenters. The number of carbonyl (C=O) groups is 2.